The van der Waals surface area contributed by atoms with Gasteiger partial charge in [0.25, 0.3) is 5.91 Å². The number of rotatable bonds is 2. The molecule has 23 heavy (non-hydrogen) atoms. The van der Waals surface area contributed by atoms with Crippen LogP contribution in [0.5, 0.6) is 5.75 Å². The number of para-hydroxylation sites is 1. The summed E-state index contributed by atoms with van der Waals surface area (Å²) in [6, 6.07) is 12.0. The second-order valence-corrected chi connectivity index (χ2v) is 6.15. The van der Waals surface area contributed by atoms with E-state index in [1.165, 1.54) is 24.3 Å². The predicted molar refractivity (Wildman–Crippen MR) is 83.8 cm³/mol. The number of amides is 1. The molecule has 2 atom stereocenters. The van der Waals surface area contributed by atoms with Crippen molar-refractivity contribution in [2.45, 2.75) is 31.6 Å². The first-order chi connectivity index (χ1) is 10.9. The van der Waals surface area contributed by atoms with Crippen LogP contribution >= 0.6 is 0 Å². The van der Waals surface area contributed by atoms with Crippen molar-refractivity contribution in [3.63, 3.8) is 0 Å². The fraction of sp³-hybridized carbons (Fsp3) is 0.278. The molecule has 2 aromatic carbocycles. The number of hydrogen-bond acceptors (Lipinski definition) is 3. The van der Waals surface area contributed by atoms with Crippen molar-refractivity contribution in [3.05, 3.63) is 65.5 Å². The quantitative estimate of drug-likeness (QED) is 0.896. The molecule has 5 heteroatoms. The molecular formula is C18H18FNO3. The number of hydrogen-bond donors (Lipinski definition) is 2. The summed E-state index contributed by atoms with van der Waals surface area (Å²) in [5, 5.41) is 13.4. The molecule has 120 valence electrons. The number of aliphatic hydroxyl groups is 1. The van der Waals surface area contributed by atoms with Crippen LogP contribution in [-0.2, 0) is 0 Å². The van der Waals surface area contributed by atoms with E-state index in [1.54, 1.807) is 19.9 Å². The van der Waals surface area contributed by atoms with Gasteiger partial charge < -0.3 is 15.2 Å². The maximum absolute atomic E-state index is 13.0. The highest BCUT2D eigenvalue weighted by molar-refractivity contribution is 5.94. The van der Waals surface area contributed by atoms with Crippen LogP contribution in [0.4, 0.5) is 4.39 Å². The maximum Gasteiger partial charge on any atom is 0.251 e. The van der Waals surface area contributed by atoms with Crippen LogP contribution in [0, 0.1) is 5.82 Å². The van der Waals surface area contributed by atoms with E-state index >= 15 is 0 Å². The molecular weight excluding hydrogens is 297 g/mol. The Bertz CT molecular complexity index is 727. The lowest BCUT2D eigenvalue weighted by Crippen LogP contribution is -2.53. The minimum atomic E-state index is -0.915. The molecule has 2 aromatic rings. The molecule has 1 heterocycles. The Morgan fingerprint density at radius 1 is 1.17 bits per heavy atom. The smallest absolute Gasteiger partial charge is 0.251 e. The molecule has 0 aromatic heterocycles. The molecule has 1 aliphatic heterocycles. The van der Waals surface area contributed by atoms with Gasteiger partial charge in [-0.25, -0.2) is 4.39 Å². The number of ether oxygens (including phenoxy) is 1. The summed E-state index contributed by atoms with van der Waals surface area (Å²) in [6.45, 7) is 3.54. The molecule has 0 bridgehead atoms. The van der Waals surface area contributed by atoms with Gasteiger partial charge in [-0.15, -0.1) is 0 Å². The Morgan fingerprint density at radius 3 is 2.52 bits per heavy atom. The standard InChI is InChI=1S/C18H18FNO3/c1-18(2)16(21)15(13-5-3-4-6-14(13)23-18)20-17(22)11-7-9-12(19)10-8-11/h3-10,15-16,21H,1-2H3,(H,20,22)/t15-,16+/m0/s1. The molecule has 0 unspecified atom stereocenters. The van der Waals surface area contributed by atoms with Gasteiger partial charge in [0, 0.05) is 11.1 Å². The minimum absolute atomic E-state index is 0.334. The van der Waals surface area contributed by atoms with Gasteiger partial charge in [-0.05, 0) is 44.2 Å². The molecule has 2 N–H and O–H groups in total. The fourth-order valence-corrected chi connectivity index (χ4v) is 2.73. The average molecular weight is 315 g/mol. The van der Waals surface area contributed by atoms with Gasteiger partial charge in [0.2, 0.25) is 0 Å². The van der Waals surface area contributed by atoms with Gasteiger partial charge in [0.05, 0.1) is 6.04 Å². The lowest BCUT2D eigenvalue weighted by atomic mass is 9.86. The van der Waals surface area contributed by atoms with Crippen molar-refractivity contribution < 1.29 is 19.0 Å². The predicted octanol–water partition coefficient (Wildman–Crippen LogP) is 2.83. The van der Waals surface area contributed by atoms with Crippen LogP contribution in [0.25, 0.3) is 0 Å². The highest BCUT2D eigenvalue weighted by atomic mass is 19.1. The van der Waals surface area contributed by atoms with Crippen LogP contribution in [-0.4, -0.2) is 22.7 Å². The summed E-state index contributed by atoms with van der Waals surface area (Å²) in [7, 11) is 0. The third kappa shape index (κ3) is 2.92. The van der Waals surface area contributed by atoms with Crippen LogP contribution < -0.4 is 10.1 Å². The molecule has 0 fully saturated rings. The number of nitrogens with one attached hydrogen (secondary N) is 1. The van der Waals surface area contributed by atoms with E-state index in [4.69, 9.17) is 4.74 Å². The summed E-state index contributed by atoms with van der Waals surface area (Å²) in [4.78, 5) is 12.4. The molecule has 0 saturated heterocycles. The zero-order chi connectivity index (χ0) is 16.6. The van der Waals surface area contributed by atoms with Crippen molar-refractivity contribution >= 4 is 5.91 Å². The zero-order valence-corrected chi connectivity index (χ0v) is 12.9. The Balaban J connectivity index is 1.91. The summed E-state index contributed by atoms with van der Waals surface area (Å²) in [5.74, 6) is -0.145. The van der Waals surface area contributed by atoms with E-state index in [2.05, 4.69) is 5.32 Å². The molecule has 1 amide bonds. The monoisotopic (exact) mass is 315 g/mol. The largest absolute Gasteiger partial charge is 0.485 e. The summed E-state index contributed by atoms with van der Waals surface area (Å²) >= 11 is 0. The number of carbonyl (C=O) groups is 1. The Hall–Kier alpha value is -2.40. The first kappa shape index (κ1) is 15.5. The third-order valence-corrected chi connectivity index (χ3v) is 4.05. The van der Waals surface area contributed by atoms with Gasteiger partial charge in [0.1, 0.15) is 23.3 Å². The molecule has 3 rings (SSSR count). The van der Waals surface area contributed by atoms with Crippen LogP contribution in [0.1, 0.15) is 35.8 Å². The zero-order valence-electron chi connectivity index (χ0n) is 12.9. The topological polar surface area (TPSA) is 58.6 Å². The highest BCUT2D eigenvalue weighted by Gasteiger charge is 2.43. The second-order valence-electron chi connectivity index (χ2n) is 6.15. The van der Waals surface area contributed by atoms with Gasteiger partial charge in [-0.3, -0.25) is 4.79 Å². The number of carbonyl (C=O) groups excluding carboxylic acids is 1. The normalized spacial score (nSPS) is 21.9. The van der Waals surface area contributed by atoms with Gasteiger partial charge in [-0.1, -0.05) is 18.2 Å². The summed E-state index contributed by atoms with van der Waals surface area (Å²) < 4.78 is 18.8. The van der Waals surface area contributed by atoms with E-state index in [-0.39, 0.29) is 5.91 Å². The van der Waals surface area contributed by atoms with Gasteiger partial charge in [-0.2, -0.15) is 0 Å². The van der Waals surface area contributed by atoms with Crippen LogP contribution in [0.3, 0.4) is 0 Å². The molecule has 1 aliphatic rings. The molecule has 0 saturated carbocycles. The van der Waals surface area contributed by atoms with Crippen molar-refractivity contribution in [2.75, 3.05) is 0 Å². The summed E-state index contributed by atoms with van der Waals surface area (Å²) in [6.07, 6.45) is -0.915. The van der Waals surface area contributed by atoms with E-state index in [0.29, 0.717) is 11.3 Å². The molecule has 0 spiro atoms. The molecule has 0 radical (unpaired) electrons. The first-order valence-corrected chi connectivity index (χ1v) is 7.41. The Kier molecular flexibility index (Phi) is 3.82. The van der Waals surface area contributed by atoms with Crippen LogP contribution in [0.2, 0.25) is 0 Å². The van der Waals surface area contributed by atoms with Gasteiger partial charge >= 0.3 is 0 Å². The van der Waals surface area contributed by atoms with E-state index in [1.807, 2.05) is 18.2 Å². The molecule has 0 aliphatic carbocycles. The van der Waals surface area contributed by atoms with Crippen molar-refractivity contribution in [1.82, 2.24) is 5.32 Å². The number of fused-ring (bicyclic) bond motifs is 1. The highest BCUT2D eigenvalue weighted by Crippen LogP contribution is 2.39. The lowest BCUT2D eigenvalue weighted by molar-refractivity contribution is -0.0627. The van der Waals surface area contributed by atoms with Crippen molar-refractivity contribution in [2.24, 2.45) is 0 Å². The van der Waals surface area contributed by atoms with Gasteiger partial charge in [0.15, 0.2) is 0 Å². The van der Waals surface area contributed by atoms with E-state index in [9.17, 15) is 14.3 Å². The number of halogens is 1. The van der Waals surface area contributed by atoms with E-state index in [0.717, 1.165) is 5.56 Å². The SMILES string of the molecule is CC1(C)Oc2ccccc2[C@H](NC(=O)c2ccc(F)cc2)[C@H]1O. The lowest BCUT2D eigenvalue weighted by Gasteiger charge is -2.42. The second kappa shape index (κ2) is 5.66. The first-order valence-electron chi connectivity index (χ1n) is 7.41. The minimum Gasteiger partial charge on any atom is -0.485 e. The number of benzene rings is 2. The van der Waals surface area contributed by atoms with Crippen LogP contribution in [0.15, 0.2) is 48.5 Å². The Labute approximate surface area is 133 Å². The van der Waals surface area contributed by atoms with E-state index < -0.39 is 23.6 Å². The molecule has 4 nitrogen and oxygen atoms in total. The van der Waals surface area contributed by atoms with Crippen molar-refractivity contribution in [3.8, 4) is 5.75 Å². The number of aliphatic hydroxyl groups excluding tert-OH is 1. The average Bonchev–Trinajstić information content (AvgIpc) is 2.52. The fourth-order valence-electron chi connectivity index (χ4n) is 2.73. The Morgan fingerprint density at radius 2 is 1.83 bits per heavy atom. The third-order valence-electron chi connectivity index (χ3n) is 4.05. The van der Waals surface area contributed by atoms with Crippen molar-refractivity contribution in [1.29, 1.82) is 0 Å². The summed E-state index contributed by atoms with van der Waals surface area (Å²) in [5.41, 5.74) is 0.213. The maximum atomic E-state index is 13.0.